The van der Waals surface area contributed by atoms with Gasteiger partial charge >= 0.3 is 0 Å². The lowest BCUT2D eigenvalue weighted by atomic mass is 10.3. The molecule has 0 amide bonds. The standard InChI is InChI=1S/2C6H6O.C2H6O2.C2H4/c2*7-6-4-2-1-3-5-6;3-1-2-4;1-2/h2*1-5,7H;3-4H,1-2H2;1-2H2. The molecule has 0 spiro atoms. The van der Waals surface area contributed by atoms with Crippen molar-refractivity contribution in [3.63, 3.8) is 0 Å². The van der Waals surface area contributed by atoms with Crippen molar-refractivity contribution < 1.29 is 20.4 Å². The molecule has 0 saturated carbocycles. The van der Waals surface area contributed by atoms with E-state index in [-0.39, 0.29) is 13.2 Å². The zero-order chi connectivity index (χ0) is 15.6. The number of hydrogen-bond acceptors (Lipinski definition) is 4. The molecule has 0 bridgehead atoms. The number of hydrogen-bond donors (Lipinski definition) is 4. The number of phenolic OH excluding ortho intramolecular Hbond substituents is 2. The van der Waals surface area contributed by atoms with Crippen LogP contribution in [-0.4, -0.2) is 33.6 Å². The first-order chi connectivity index (χ1) is 9.70. The van der Waals surface area contributed by atoms with Gasteiger partial charge in [0.05, 0.1) is 13.2 Å². The van der Waals surface area contributed by atoms with Crippen molar-refractivity contribution in [2.24, 2.45) is 0 Å². The number of aliphatic hydroxyl groups excluding tert-OH is 2. The fourth-order valence-corrected chi connectivity index (χ4v) is 0.856. The molecule has 0 aliphatic heterocycles. The molecule has 0 aliphatic carbocycles. The van der Waals surface area contributed by atoms with Crippen LogP contribution >= 0.6 is 0 Å². The fraction of sp³-hybridized carbons (Fsp3) is 0.125. The first-order valence-corrected chi connectivity index (χ1v) is 5.90. The Bertz CT molecular complexity index is 350. The van der Waals surface area contributed by atoms with E-state index in [4.69, 9.17) is 20.4 Å². The number of aliphatic hydroxyl groups is 2. The summed E-state index contributed by atoms with van der Waals surface area (Å²) in [5.74, 6) is 0.644. The molecule has 4 nitrogen and oxygen atoms in total. The summed E-state index contributed by atoms with van der Waals surface area (Å²) in [6, 6.07) is 17.4. The summed E-state index contributed by atoms with van der Waals surface area (Å²) in [6.07, 6.45) is 0. The van der Waals surface area contributed by atoms with Gasteiger partial charge in [0, 0.05) is 0 Å². The van der Waals surface area contributed by atoms with Crippen LogP contribution in [0.5, 0.6) is 11.5 Å². The van der Waals surface area contributed by atoms with E-state index in [1.54, 1.807) is 48.5 Å². The van der Waals surface area contributed by atoms with Crippen LogP contribution in [0.4, 0.5) is 0 Å². The summed E-state index contributed by atoms with van der Waals surface area (Å²) in [5, 5.41) is 32.5. The summed E-state index contributed by atoms with van der Waals surface area (Å²) in [4.78, 5) is 0. The number of para-hydroxylation sites is 2. The molecule has 0 aliphatic rings. The van der Waals surface area contributed by atoms with E-state index in [2.05, 4.69) is 13.2 Å². The molecule has 4 N–H and O–H groups in total. The van der Waals surface area contributed by atoms with Gasteiger partial charge in [-0.05, 0) is 24.3 Å². The van der Waals surface area contributed by atoms with Crippen molar-refractivity contribution in [3.8, 4) is 11.5 Å². The normalized spacial score (nSPS) is 7.70. The summed E-state index contributed by atoms with van der Waals surface area (Å²) >= 11 is 0. The van der Waals surface area contributed by atoms with E-state index in [1.165, 1.54) is 0 Å². The Kier molecular flexibility index (Phi) is 16.7. The van der Waals surface area contributed by atoms with E-state index < -0.39 is 0 Å². The van der Waals surface area contributed by atoms with E-state index in [1.807, 2.05) is 12.1 Å². The lowest BCUT2D eigenvalue weighted by Gasteiger charge is -1.82. The van der Waals surface area contributed by atoms with E-state index in [0.717, 1.165) is 0 Å². The van der Waals surface area contributed by atoms with E-state index in [0.29, 0.717) is 11.5 Å². The van der Waals surface area contributed by atoms with Gasteiger partial charge in [-0.3, -0.25) is 0 Å². The highest BCUT2D eigenvalue weighted by molar-refractivity contribution is 5.19. The highest BCUT2D eigenvalue weighted by atomic mass is 16.3. The zero-order valence-corrected chi connectivity index (χ0v) is 11.4. The molecule has 2 aromatic carbocycles. The molecular formula is C16H22O4. The number of aromatic hydroxyl groups is 2. The van der Waals surface area contributed by atoms with Crippen LogP contribution in [-0.2, 0) is 0 Å². The zero-order valence-electron chi connectivity index (χ0n) is 11.4. The molecule has 2 rings (SSSR count). The summed E-state index contributed by atoms with van der Waals surface area (Å²) < 4.78 is 0. The second-order valence-corrected chi connectivity index (χ2v) is 3.12. The Balaban J connectivity index is 0. The molecule has 0 atom stereocenters. The van der Waals surface area contributed by atoms with Crippen LogP contribution in [0, 0.1) is 0 Å². The third-order valence-corrected chi connectivity index (χ3v) is 1.61. The Morgan fingerprint density at radius 1 is 0.600 bits per heavy atom. The second kappa shape index (κ2) is 16.7. The molecule has 0 radical (unpaired) electrons. The van der Waals surface area contributed by atoms with Gasteiger partial charge in [-0.25, -0.2) is 0 Å². The van der Waals surface area contributed by atoms with Gasteiger partial charge < -0.3 is 20.4 Å². The molecular weight excluding hydrogens is 256 g/mol. The van der Waals surface area contributed by atoms with Gasteiger partial charge in [-0.15, -0.1) is 13.2 Å². The maximum absolute atomic E-state index is 8.63. The van der Waals surface area contributed by atoms with Gasteiger partial charge in [0.15, 0.2) is 0 Å². The predicted octanol–water partition coefficient (Wildman–Crippen LogP) is 2.56. The Morgan fingerprint density at radius 2 is 0.850 bits per heavy atom. The van der Waals surface area contributed by atoms with Gasteiger partial charge in [-0.1, -0.05) is 36.4 Å². The molecule has 0 fully saturated rings. The monoisotopic (exact) mass is 278 g/mol. The smallest absolute Gasteiger partial charge is 0.115 e. The Labute approximate surface area is 119 Å². The third-order valence-electron chi connectivity index (χ3n) is 1.61. The Hall–Kier alpha value is -2.30. The quantitative estimate of drug-likeness (QED) is 0.604. The first kappa shape index (κ1) is 20.0. The molecule has 110 valence electrons. The largest absolute Gasteiger partial charge is 0.508 e. The minimum atomic E-state index is -0.125. The van der Waals surface area contributed by atoms with Crippen molar-refractivity contribution >= 4 is 0 Å². The van der Waals surface area contributed by atoms with Crippen molar-refractivity contribution in [3.05, 3.63) is 73.8 Å². The molecule has 0 saturated heterocycles. The van der Waals surface area contributed by atoms with E-state index >= 15 is 0 Å². The topological polar surface area (TPSA) is 80.9 Å². The van der Waals surface area contributed by atoms with Crippen molar-refractivity contribution in [2.45, 2.75) is 0 Å². The number of benzene rings is 2. The van der Waals surface area contributed by atoms with E-state index in [9.17, 15) is 0 Å². The SMILES string of the molecule is C=C.OCCO.Oc1ccccc1.Oc1ccccc1. The summed E-state index contributed by atoms with van der Waals surface area (Å²) in [6.45, 7) is 5.75. The minimum Gasteiger partial charge on any atom is -0.508 e. The van der Waals surface area contributed by atoms with Crippen molar-refractivity contribution in [2.75, 3.05) is 13.2 Å². The average Bonchev–Trinajstić information content (AvgIpc) is 2.52. The average molecular weight is 278 g/mol. The summed E-state index contributed by atoms with van der Waals surface area (Å²) in [7, 11) is 0. The lowest BCUT2D eigenvalue weighted by Crippen LogP contribution is -1.85. The van der Waals surface area contributed by atoms with Crippen LogP contribution in [0.1, 0.15) is 0 Å². The molecule has 0 heterocycles. The number of phenols is 2. The Morgan fingerprint density at radius 3 is 0.950 bits per heavy atom. The molecule has 20 heavy (non-hydrogen) atoms. The van der Waals surface area contributed by atoms with Crippen LogP contribution in [0.2, 0.25) is 0 Å². The fourth-order valence-electron chi connectivity index (χ4n) is 0.856. The van der Waals surface area contributed by atoms with Gasteiger partial charge in [0.1, 0.15) is 11.5 Å². The highest BCUT2D eigenvalue weighted by Gasteiger charge is 1.75. The predicted molar refractivity (Wildman–Crippen MR) is 81.6 cm³/mol. The van der Waals surface area contributed by atoms with Crippen molar-refractivity contribution in [1.29, 1.82) is 0 Å². The third kappa shape index (κ3) is 15.7. The molecule has 2 aromatic rings. The maximum atomic E-state index is 8.63. The lowest BCUT2D eigenvalue weighted by molar-refractivity contribution is 0.186. The van der Waals surface area contributed by atoms with Gasteiger partial charge in [0.25, 0.3) is 0 Å². The number of rotatable bonds is 1. The molecule has 4 heteroatoms. The minimum absolute atomic E-state index is 0.125. The maximum Gasteiger partial charge on any atom is 0.115 e. The van der Waals surface area contributed by atoms with Crippen LogP contribution in [0.15, 0.2) is 73.8 Å². The summed E-state index contributed by atoms with van der Waals surface area (Å²) in [5.41, 5.74) is 0. The molecule has 0 unspecified atom stereocenters. The van der Waals surface area contributed by atoms with Crippen LogP contribution in [0.3, 0.4) is 0 Å². The van der Waals surface area contributed by atoms with Crippen LogP contribution < -0.4 is 0 Å². The van der Waals surface area contributed by atoms with Gasteiger partial charge in [-0.2, -0.15) is 0 Å². The highest BCUT2D eigenvalue weighted by Crippen LogP contribution is 2.03. The van der Waals surface area contributed by atoms with Gasteiger partial charge in [0.2, 0.25) is 0 Å². The van der Waals surface area contributed by atoms with Crippen LogP contribution in [0.25, 0.3) is 0 Å². The van der Waals surface area contributed by atoms with Crippen molar-refractivity contribution in [1.82, 2.24) is 0 Å². The molecule has 0 aromatic heterocycles. The second-order valence-electron chi connectivity index (χ2n) is 3.12. The first-order valence-electron chi connectivity index (χ1n) is 5.90.